The number of nitrogens with two attached hydrogens (primary N) is 1. The van der Waals surface area contributed by atoms with E-state index in [-0.39, 0.29) is 0 Å². The minimum atomic E-state index is -4.12. The van der Waals surface area contributed by atoms with Crippen molar-refractivity contribution in [1.82, 2.24) is 0 Å². The second kappa shape index (κ2) is 2.59. The van der Waals surface area contributed by atoms with Crippen LogP contribution >= 0.6 is 0 Å². The molecule has 8 heavy (non-hydrogen) atoms. The first-order valence-electron chi connectivity index (χ1n) is 2.00. The smallest absolute Gasteiger partial charge is 0.392 e. The van der Waals surface area contributed by atoms with Crippen molar-refractivity contribution >= 4 is 0 Å². The molecule has 0 aromatic heterocycles. The molecule has 0 rings (SSSR count). The van der Waals surface area contributed by atoms with Crippen molar-refractivity contribution in [3.63, 3.8) is 0 Å². The van der Waals surface area contributed by atoms with Crippen LogP contribution < -0.4 is 5.73 Å². The van der Waals surface area contributed by atoms with E-state index in [0.717, 1.165) is 12.3 Å². The first kappa shape index (κ1) is 7.33. The maximum absolute atomic E-state index is 11.1. The van der Waals surface area contributed by atoms with Gasteiger partial charge in [0, 0.05) is 0 Å². The average Bonchev–Trinajstić information content (AvgIpc) is 1.59. The van der Waals surface area contributed by atoms with Gasteiger partial charge in [0.15, 0.2) is 0 Å². The summed E-state index contributed by atoms with van der Waals surface area (Å²) in [5.41, 5.74) is 4.66. The van der Waals surface area contributed by atoms with Crippen LogP contribution in [0.2, 0.25) is 0 Å². The first-order chi connectivity index (χ1) is 3.56. The highest BCUT2D eigenvalue weighted by Gasteiger charge is 2.24. The van der Waals surface area contributed by atoms with Crippen molar-refractivity contribution in [3.8, 4) is 0 Å². The number of rotatable bonds is 1. The Kier molecular flexibility index (Phi) is 2.37. The van der Waals surface area contributed by atoms with Gasteiger partial charge in [-0.3, -0.25) is 0 Å². The summed E-state index contributed by atoms with van der Waals surface area (Å²) in [6.45, 7) is 0. The van der Waals surface area contributed by atoms with E-state index in [2.05, 4.69) is 5.73 Å². The fraction of sp³-hybridized carbons (Fsp3) is 0.500. The maximum atomic E-state index is 11.1. The number of hydrogen-bond donors (Lipinski definition) is 1. The molecule has 0 radical (unpaired) electrons. The van der Waals surface area contributed by atoms with Gasteiger partial charge in [-0.25, -0.2) is 0 Å². The molecule has 0 amide bonds. The molecule has 0 bridgehead atoms. The van der Waals surface area contributed by atoms with Crippen LogP contribution in [0.5, 0.6) is 0 Å². The quantitative estimate of drug-likeness (QED) is 0.563. The summed E-state index contributed by atoms with van der Waals surface area (Å²) in [4.78, 5) is 0. The minimum absolute atomic E-state index is 0.861. The Balaban J connectivity index is 3.39. The fourth-order valence-corrected chi connectivity index (χ4v) is 0.202. The lowest BCUT2D eigenvalue weighted by Crippen LogP contribution is -2.04. The summed E-state index contributed by atoms with van der Waals surface area (Å²) in [6.07, 6.45) is -3.31. The van der Waals surface area contributed by atoms with Crippen LogP contribution in [-0.2, 0) is 0 Å². The van der Waals surface area contributed by atoms with Gasteiger partial charge in [0.05, 0.1) is 6.42 Å². The minimum Gasteiger partial charge on any atom is -0.405 e. The third-order valence-corrected chi connectivity index (χ3v) is 0.485. The van der Waals surface area contributed by atoms with E-state index in [4.69, 9.17) is 0 Å². The van der Waals surface area contributed by atoms with Gasteiger partial charge in [-0.15, -0.1) is 0 Å². The zero-order valence-electron chi connectivity index (χ0n) is 4.07. The molecule has 1 nitrogen and oxygen atoms in total. The molecular weight excluding hydrogens is 119 g/mol. The van der Waals surface area contributed by atoms with Crippen LogP contribution in [0.4, 0.5) is 13.2 Å². The van der Waals surface area contributed by atoms with Gasteiger partial charge in [0.1, 0.15) is 0 Å². The van der Waals surface area contributed by atoms with Crippen molar-refractivity contribution in [2.45, 2.75) is 12.6 Å². The second-order valence-electron chi connectivity index (χ2n) is 1.25. The lowest BCUT2D eigenvalue weighted by molar-refractivity contribution is -0.125. The summed E-state index contributed by atoms with van der Waals surface area (Å²) in [6, 6.07) is 0. The van der Waals surface area contributed by atoms with Crippen LogP contribution in [0.1, 0.15) is 6.42 Å². The van der Waals surface area contributed by atoms with Crippen LogP contribution in [0.25, 0.3) is 0 Å². The summed E-state index contributed by atoms with van der Waals surface area (Å²) < 4.78 is 33.4. The summed E-state index contributed by atoms with van der Waals surface area (Å²) in [5, 5.41) is 0. The zero-order chi connectivity index (χ0) is 6.62. The SMILES string of the molecule is NC=CCC(F)(F)F. The third kappa shape index (κ3) is 5.33. The molecule has 0 aliphatic rings. The molecule has 0 aliphatic carbocycles. The molecular formula is C4H6F3N. The molecule has 0 fully saturated rings. The first-order valence-corrected chi connectivity index (χ1v) is 2.00. The lowest BCUT2D eigenvalue weighted by Gasteiger charge is -1.98. The van der Waals surface area contributed by atoms with Gasteiger partial charge >= 0.3 is 6.18 Å². The van der Waals surface area contributed by atoms with E-state index in [0.29, 0.717) is 0 Å². The summed E-state index contributed by atoms with van der Waals surface area (Å²) in [5.74, 6) is 0. The molecule has 0 aromatic carbocycles. The molecule has 0 aliphatic heterocycles. The molecule has 0 atom stereocenters. The van der Waals surface area contributed by atoms with E-state index in [1.54, 1.807) is 0 Å². The molecule has 0 saturated heterocycles. The van der Waals surface area contributed by atoms with Crippen LogP contribution in [-0.4, -0.2) is 6.18 Å². The van der Waals surface area contributed by atoms with Crippen LogP contribution in [0.3, 0.4) is 0 Å². The van der Waals surface area contributed by atoms with E-state index in [1.165, 1.54) is 0 Å². The van der Waals surface area contributed by atoms with E-state index >= 15 is 0 Å². The zero-order valence-corrected chi connectivity index (χ0v) is 4.07. The van der Waals surface area contributed by atoms with Crippen LogP contribution in [0.15, 0.2) is 12.3 Å². The predicted molar refractivity (Wildman–Crippen MR) is 24.0 cm³/mol. The Morgan fingerprint density at radius 3 is 2.00 bits per heavy atom. The van der Waals surface area contributed by atoms with E-state index in [1.807, 2.05) is 0 Å². The highest BCUT2D eigenvalue weighted by Crippen LogP contribution is 2.18. The molecule has 2 N–H and O–H groups in total. The van der Waals surface area contributed by atoms with E-state index in [9.17, 15) is 13.2 Å². The number of allylic oxidation sites excluding steroid dienone is 1. The molecule has 0 heterocycles. The van der Waals surface area contributed by atoms with Gasteiger partial charge < -0.3 is 5.73 Å². The van der Waals surface area contributed by atoms with Crippen molar-refractivity contribution in [2.75, 3.05) is 0 Å². The Morgan fingerprint density at radius 1 is 1.38 bits per heavy atom. The molecule has 0 spiro atoms. The van der Waals surface area contributed by atoms with Crippen molar-refractivity contribution in [3.05, 3.63) is 12.3 Å². The fourth-order valence-electron chi connectivity index (χ4n) is 0.202. The van der Waals surface area contributed by atoms with Crippen LogP contribution in [0, 0.1) is 0 Å². The highest BCUT2D eigenvalue weighted by molar-refractivity contribution is 4.78. The van der Waals surface area contributed by atoms with Gasteiger partial charge in [-0.1, -0.05) is 6.08 Å². The molecule has 4 heteroatoms. The van der Waals surface area contributed by atoms with Crippen molar-refractivity contribution in [1.29, 1.82) is 0 Å². The van der Waals surface area contributed by atoms with Gasteiger partial charge in [0.2, 0.25) is 0 Å². The molecule has 0 saturated carbocycles. The molecule has 48 valence electrons. The monoisotopic (exact) mass is 125 g/mol. The molecule has 0 unspecified atom stereocenters. The number of hydrogen-bond acceptors (Lipinski definition) is 1. The molecule has 0 aromatic rings. The largest absolute Gasteiger partial charge is 0.405 e. The van der Waals surface area contributed by atoms with E-state index < -0.39 is 12.6 Å². The van der Waals surface area contributed by atoms with Crippen molar-refractivity contribution in [2.24, 2.45) is 5.73 Å². The Morgan fingerprint density at radius 2 is 1.88 bits per heavy atom. The topological polar surface area (TPSA) is 26.0 Å². The maximum Gasteiger partial charge on any atom is 0.392 e. The second-order valence-corrected chi connectivity index (χ2v) is 1.25. The van der Waals surface area contributed by atoms with Crippen molar-refractivity contribution < 1.29 is 13.2 Å². The average molecular weight is 125 g/mol. The normalized spacial score (nSPS) is 12.9. The standard InChI is InChI=1S/C4H6F3N/c5-4(6,7)2-1-3-8/h1,3H,2,8H2. The summed E-state index contributed by atoms with van der Waals surface area (Å²) >= 11 is 0. The Labute approximate surface area is 45.0 Å². The predicted octanol–water partition coefficient (Wildman–Crippen LogP) is 1.41. The lowest BCUT2D eigenvalue weighted by atomic mass is 10.4. The van der Waals surface area contributed by atoms with Gasteiger partial charge in [-0.05, 0) is 6.20 Å². The number of halogens is 3. The summed E-state index contributed by atoms with van der Waals surface area (Å²) in [7, 11) is 0. The third-order valence-electron chi connectivity index (χ3n) is 0.485. The van der Waals surface area contributed by atoms with Gasteiger partial charge in [-0.2, -0.15) is 13.2 Å². The Bertz CT molecular complexity index is 83.8. The highest BCUT2D eigenvalue weighted by atomic mass is 19.4. The number of alkyl halides is 3. The Hall–Kier alpha value is -0.670. The van der Waals surface area contributed by atoms with Gasteiger partial charge in [0.25, 0.3) is 0 Å².